The third-order valence-electron chi connectivity index (χ3n) is 6.01. The number of rotatable bonds is 5. The highest BCUT2D eigenvalue weighted by Crippen LogP contribution is 2.28. The Morgan fingerprint density at radius 1 is 1.06 bits per heavy atom. The van der Waals surface area contributed by atoms with Crippen LogP contribution in [-0.4, -0.2) is 58.3 Å². The topological polar surface area (TPSA) is 62.6 Å². The number of hydrogen-bond donors (Lipinski definition) is 0. The van der Waals surface area contributed by atoms with Gasteiger partial charge >= 0.3 is 4.87 Å². The second kappa shape index (κ2) is 9.17. The van der Waals surface area contributed by atoms with Crippen LogP contribution < -0.4 is 4.87 Å². The minimum atomic E-state index is -0.231. The Labute approximate surface area is 196 Å². The summed E-state index contributed by atoms with van der Waals surface area (Å²) in [6.07, 6.45) is 0. The molecule has 0 N–H and O–H groups in total. The van der Waals surface area contributed by atoms with Crippen LogP contribution in [0.15, 0.2) is 41.2 Å². The predicted molar refractivity (Wildman–Crippen MR) is 129 cm³/mol. The molecule has 1 amide bonds. The van der Waals surface area contributed by atoms with Crippen molar-refractivity contribution in [1.29, 1.82) is 0 Å². The van der Waals surface area contributed by atoms with Crippen LogP contribution in [0, 0.1) is 6.92 Å². The van der Waals surface area contributed by atoms with Crippen molar-refractivity contribution >= 4 is 44.8 Å². The summed E-state index contributed by atoms with van der Waals surface area (Å²) in [4.78, 5) is 42.4. The van der Waals surface area contributed by atoms with E-state index in [0.717, 1.165) is 30.0 Å². The monoisotopic (exact) mass is 471 g/mol. The van der Waals surface area contributed by atoms with E-state index in [2.05, 4.69) is 18.7 Å². The van der Waals surface area contributed by atoms with E-state index in [1.807, 2.05) is 24.0 Å². The number of thiazole rings is 1. The maximum absolute atomic E-state index is 12.9. The van der Waals surface area contributed by atoms with Gasteiger partial charge in [0.05, 0.1) is 15.2 Å². The molecule has 6 nitrogen and oxygen atoms in total. The van der Waals surface area contributed by atoms with E-state index in [4.69, 9.17) is 11.6 Å². The normalized spacial score (nSPS) is 15.0. The first-order valence-electron chi connectivity index (χ1n) is 10.7. The number of amides is 1. The lowest BCUT2D eigenvalue weighted by Crippen LogP contribution is -2.51. The van der Waals surface area contributed by atoms with Crippen molar-refractivity contribution in [3.05, 3.63) is 67.8 Å². The minimum Gasteiger partial charge on any atom is -0.339 e. The Balaban J connectivity index is 1.58. The number of carbonyl (C=O) groups is 2. The fourth-order valence-electron chi connectivity index (χ4n) is 3.99. The van der Waals surface area contributed by atoms with Crippen molar-refractivity contribution in [3.63, 3.8) is 0 Å². The molecule has 2 heterocycles. The van der Waals surface area contributed by atoms with Crippen LogP contribution >= 0.6 is 22.9 Å². The first-order valence-corrected chi connectivity index (χ1v) is 11.9. The van der Waals surface area contributed by atoms with Crippen LogP contribution in [0.3, 0.4) is 0 Å². The van der Waals surface area contributed by atoms with E-state index < -0.39 is 0 Å². The number of ketones is 1. The molecule has 0 saturated carbocycles. The standard InChI is InChI=1S/C24H26ClN3O3S/c1-15(2)26-8-10-27(11-9-26)22(29)14-28-20-13-19(25)18(12-21(20)32-24(28)31)23(30)17-6-4-16(3)5-7-17/h4-7,12-13,15H,8-11,14H2,1-3H3. The molecule has 0 unspecified atom stereocenters. The minimum absolute atomic E-state index is 0.0257. The predicted octanol–water partition coefficient (Wildman–Crippen LogP) is 3.81. The number of benzene rings is 2. The molecule has 1 aromatic heterocycles. The summed E-state index contributed by atoms with van der Waals surface area (Å²) in [5.41, 5.74) is 2.54. The van der Waals surface area contributed by atoms with Gasteiger partial charge < -0.3 is 4.90 Å². The molecule has 1 saturated heterocycles. The number of aryl methyl sites for hydroxylation is 1. The van der Waals surface area contributed by atoms with Gasteiger partial charge in [0.15, 0.2) is 5.78 Å². The van der Waals surface area contributed by atoms with Crippen LogP contribution in [0.4, 0.5) is 0 Å². The Bertz CT molecular complexity index is 1220. The molecule has 1 fully saturated rings. The highest BCUT2D eigenvalue weighted by molar-refractivity contribution is 7.16. The Morgan fingerprint density at radius 2 is 1.72 bits per heavy atom. The molecular weight excluding hydrogens is 446 g/mol. The van der Waals surface area contributed by atoms with Gasteiger partial charge in [-0.25, -0.2) is 0 Å². The molecular formula is C24H26ClN3O3S. The number of halogens is 1. The molecule has 1 aliphatic rings. The highest BCUT2D eigenvalue weighted by atomic mass is 35.5. The van der Waals surface area contributed by atoms with E-state index >= 15 is 0 Å². The number of nitrogens with zero attached hydrogens (tertiary/aromatic N) is 3. The Kier molecular flexibility index (Phi) is 6.51. The summed E-state index contributed by atoms with van der Waals surface area (Å²) in [7, 11) is 0. The Morgan fingerprint density at radius 3 is 2.34 bits per heavy atom. The van der Waals surface area contributed by atoms with Crippen molar-refractivity contribution in [1.82, 2.24) is 14.4 Å². The van der Waals surface area contributed by atoms with Gasteiger partial charge in [0.25, 0.3) is 0 Å². The molecule has 4 rings (SSSR count). The third kappa shape index (κ3) is 4.51. The van der Waals surface area contributed by atoms with Crippen LogP contribution in [0.5, 0.6) is 0 Å². The molecule has 0 atom stereocenters. The largest absolute Gasteiger partial charge is 0.339 e. The molecule has 168 valence electrons. The molecule has 3 aromatic rings. The lowest BCUT2D eigenvalue weighted by Gasteiger charge is -2.37. The van der Waals surface area contributed by atoms with Gasteiger partial charge in [0, 0.05) is 43.3 Å². The van der Waals surface area contributed by atoms with Crippen LogP contribution in [-0.2, 0) is 11.3 Å². The number of piperazine rings is 1. The van der Waals surface area contributed by atoms with Crippen LogP contribution in [0.1, 0.15) is 35.3 Å². The molecule has 8 heteroatoms. The zero-order chi connectivity index (χ0) is 23.0. The second-order valence-corrected chi connectivity index (χ2v) is 9.86. The van der Waals surface area contributed by atoms with Gasteiger partial charge in [0.1, 0.15) is 6.54 Å². The maximum Gasteiger partial charge on any atom is 0.308 e. The van der Waals surface area contributed by atoms with Crippen molar-refractivity contribution in [2.45, 2.75) is 33.4 Å². The zero-order valence-electron chi connectivity index (χ0n) is 18.4. The number of carbonyl (C=O) groups excluding carboxylic acids is 2. The summed E-state index contributed by atoms with van der Waals surface area (Å²) < 4.78 is 2.11. The number of aromatic nitrogens is 1. The molecule has 0 radical (unpaired) electrons. The molecule has 1 aliphatic heterocycles. The molecule has 0 aliphatic carbocycles. The van der Waals surface area contributed by atoms with E-state index in [-0.39, 0.29) is 28.1 Å². The smallest absolute Gasteiger partial charge is 0.308 e. The van der Waals surface area contributed by atoms with Crippen molar-refractivity contribution in [2.24, 2.45) is 0 Å². The van der Waals surface area contributed by atoms with Crippen molar-refractivity contribution in [3.8, 4) is 0 Å². The molecule has 0 spiro atoms. The van der Waals surface area contributed by atoms with E-state index in [1.165, 1.54) is 4.57 Å². The summed E-state index contributed by atoms with van der Waals surface area (Å²) in [6, 6.07) is 11.0. The van der Waals surface area contributed by atoms with E-state index in [0.29, 0.717) is 40.5 Å². The Hall–Kier alpha value is -2.48. The van der Waals surface area contributed by atoms with E-state index in [1.54, 1.807) is 24.3 Å². The lowest BCUT2D eigenvalue weighted by molar-refractivity contribution is -0.133. The van der Waals surface area contributed by atoms with Crippen LogP contribution in [0.2, 0.25) is 5.02 Å². The maximum atomic E-state index is 12.9. The second-order valence-electron chi connectivity index (χ2n) is 8.46. The fraction of sp³-hybridized carbons (Fsp3) is 0.375. The summed E-state index contributed by atoms with van der Waals surface area (Å²) >= 11 is 7.49. The van der Waals surface area contributed by atoms with Gasteiger partial charge in [-0.3, -0.25) is 23.9 Å². The van der Waals surface area contributed by atoms with Crippen molar-refractivity contribution < 1.29 is 9.59 Å². The SMILES string of the molecule is Cc1ccc(C(=O)c2cc3sc(=O)n(CC(=O)N4CCN(C(C)C)CC4)c3cc2Cl)cc1. The van der Waals surface area contributed by atoms with Crippen molar-refractivity contribution in [2.75, 3.05) is 26.2 Å². The third-order valence-corrected chi connectivity index (χ3v) is 7.26. The fourth-order valence-corrected chi connectivity index (χ4v) is 5.15. The van der Waals surface area contributed by atoms with Gasteiger partial charge in [-0.05, 0) is 32.9 Å². The van der Waals surface area contributed by atoms with Gasteiger partial charge in [-0.15, -0.1) is 0 Å². The lowest BCUT2D eigenvalue weighted by atomic mass is 10.0. The van der Waals surface area contributed by atoms with Crippen LogP contribution in [0.25, 0.3) is 10.2 Å². The van der Waals surface area contributed by atoms with Gasteiger partial charge in [-0.1, -0.05) is 52.8 Å². The number of hydrogen-bond acceptors (Lipinski definition) is 5. The molecule has 2 aromatic carbocycles. The molecule has 32 heavy (non-hydrogen) atoms. The van der Waals surface area contributed by atoms with Gasteiger partial charge in [0.2, 0.25) is 5.91 Å². The summed E-state index contributed by atoms with van der Waals surface area (Å²) in [6.45, 7) is 9.21. The zero-order valence-corrected chi connectivity index (χ0v) is 20.0. The quantitative estimate of drug-likeness (QED) is 0.531. The summed E-state index contributed by atoms with van der Waals surface area (Å²) in [5, 5.41) is 0.271. The summed E-state index contributed by atoms with van der Waals surface area (Å²) in [5.74, 6) is -0.269. The highest BCUT2D eigenvalue weighted by Gasteiger charge is 2.24. The number of fused-ring (bicyclic) bond motifs is 1. The first kappa shape index (κ1) is 22.7. The van der Waals surface area contributed by atoms with E-state index in [9.17, 15) is 14.4 Å². The average Bonchev–Trinajstić information content (AvgIpc) is 3.07. The first-order chi connectivity index (χ1) is 15.2. The average molecular weight is 472 g/mol. The van der Waals surface area contributed by atoms with Gasteiger partial charge in [-0.2, -0.15) is 0 Å². The molecule has 0 bridgehead atoms.